The standard InChI is InChI=1S/C27H37FN8O2S/c1-16(2)20-11-32-26(36-13-18(17(36)3)15-39(5,29)37)21-12-31-25(10-19(20)21)33-24-6-8-30-27(34-24)35-9-7-23(38-4)22(28)14-35/h6,8,10-12,16-18,22-23,29H,7,9,13-15H2,1-5H3,(H,30,31,33,34)/t17-,18-,22-,23+,39?/m1/s1. The van der Waals surface area contributed by atoms with Gasteiger partial charge in [-0.15, -0.1) is 0 Å². The second kappa shape index (κ2) is 10.8. The molecule has 3 aromatic rings. The lowest BCUT2D eigenvalue weighted by molar-refractivity contribution is 0.0194. The van der Waals surface area contributed by atoms with E-state index in [1.54, 1.807) is 19.4 Å². The van der Waals surface area contributed by atoms with Crippen molar-refractivity contribution in [1.29, 1.82) is 4.78 Å². The molecule has 0 aromatic carbocycles. The fourth-order valence-electron chi connectivity index (χ4n) is 5.50. The molecule has 2 aliphatic heterocycles. The van der Waals surface area contributed by atoms with Crippen LogP contribution in [0.3, 0.4) is 0 Å². The van der Waals surface area contributed by atoms with E-state index in [0.717, 1.165) is 28.7 Å². The zero-order valence-corrected chi connectivity index (χ0v) is 23.9. The quantitative estimate of drug-likeness (QED) is 0.417. The molecule has 5 heterocycles. The second-order valence-electron chi connectivity index (χ2n) is 11.0. The number of pyridine rings is 2. The Morgan fingerprint density at radius 1 is 1.21 bits per heavy atom. The third kappa shape index (κ3) is 5.76. The normalized spacial score (nSPS) is 25.0. The van der Waals surface area contributed by atoms with Crippen LogP contribution in [0.5, 0.6) is 0 Å². The summed E-state index contributed by atoms with van der Waals surface area (Å²) >= 11 is 0. The predicted octanol–water partition coefficient (Wildman–Crippen LogP) is 4.35. The summed E-state index contributed by atoms with van der Waals surface area (Å²) in [6, 6.07) is 3.93. The van der Waals surface area contributed by atoms with Gasteiger partial charge in [-0.3, -0.25) is 8.99 Å². The molecule has 0 amide bonds. The largest absolute Gasteiger partial charge is 0.378 e. The monoisotopic (exact) mass is 556 g/mol. The van der Waals surface area contributed by atoms with Gasteiger partial charge in [0.15, 0.2) is 0 Å². The maximum Gasteiger partial charge on any atom is 0.227 e. The van der Waals surface area contributed by atoms with Gasteiger partial charge in [0.1, 0.15) is 23.6 Å². The van der Waals surface area contributed by atoms with Crippen LogP contribution in [0.4, 0.5) is 27.8 Å². The van der Waals surface area contributed by atoms with Crippen molar-refractivity contribution in [2.75, 3.05) is 53.9 Å². The van der Waals surface area contributed by atoms with E-state index in [9.17, 15) is 8.60 Å². The number of aromatic nitrogens is 4. The fourth-order valence-corrected chi connectivity index (χ4v) is 6.70. The van der Waals surface area contributed by atoms with Crippen molar-refractivity contribution in [1.82, 2.24) is 19.9 Å². The molecule has 5 rings (SSSR count). The van der Waals surface area contributed by atoms with E-state index in [1.165, 1.54) is 6.26 Å². The van der Waals surface area contributed by atoms with Crippen LogP contribution in [-0.4, -0.2) is 81.2 Å². The third-order valence-electron chi connectivity index (χ3n) is 7.78. The minimum absolute atomic E-state index is 0.145. The molecule has 0 saturated carbocycles. The van der Waals surface area contributed by atoms with Crippen LogP contribution in [0.25, 0.3) is 10.8 Å². The molecule has 12 heteroatoms. The molecule has 2 fully saturated rings. The second-order valence-corrected chi connectivity index (χ2v) is 13.4. The minimum Gasteiger partial charge on any atom is -0.378 e. The van der Waals surface area contributed by atoms with E-state index in [1.807, 2.05) is 23.4 Å². The van der Waals surface area contributed by atoms with Crippen molar-refractivity contribution >= 4 is 43.9 Å². The van der Waals surface area contributed by atoms with Gasteiger partial charge in [0.05, 0.1) is 12.6 Å². The van der Waals surface area contributed by atoms with Crippen molar-refractivity contribution in [3.63, 3.8) is 0 Å². The Morgan fingerprint density at radius 3 is 2.67 bits per heavy atom. The van der Waals surface area contributed by atoms with Gasteiger partial charge in [0.25, 0.3) is 0 Å². The maximum atomic E-state index is 14.4. The zero-order chi connectivity index (χ0) is 27.9. The minimum atomic E-state index is -2.54. The topological polar surface area (TPSA) is 120 Å². The van der Waals surface area contributed by atoms with Crippen LogP contribution in [0.2, 0.25) is 0 Å². The number of rotatable bonds is 8. The molecule has 39 heavy (non-hydrogen) atoms. The molecule has 0 radical (unpaired) electrons. The van der Waals surface area contributed by atoms with Crippen molar-refractivity contribution in [2.45, 2.75) is 51.4 Å². The van der Waals surface area contributed by atoms with Crippen LogP contribution in [0, 0.1) is 10.7 Å². The molecule has 0 spiro atoms. The van der Waals surface area contributed by atoms with E-state index in [-0.39, 0.29) is 24.4 Å². The molecule has 5 atom stereocenters. The van der Waals surface area contributed by atoms with Crippen LogP contribution in [0.15, 0.2) is 30.7 Å². The number of fused-ring (bicyclic) bond motifs is 1. The lowest BCUT2D eigenvalue weighted by Crippen LogP contribution is -2.57. The first-order chi connectivity index (χ1) is 18.5. The molecule has 3 aromatic heterocycles. The van der Waals surface area contributed by atoms with Gasteiger partial charge < -0.3 is 19.9 Å². The van der Waals surface area contributed by atoms with Gasteiger partial charge in [-0.2, -0.15) is 4.98 Å². The molecule has 2 N–H and O–H groups in total. The number of ether oxygens (including phenoxy) is 1. The van der Waals surface area contributed by atoms with E-state index in [4.69, 9.17) is 14.5 Å². The molecule has 2 aliphatic rings. The highest BCUT2D eigenvalue weighted by atomic mass is 32.2. The fraction of sp³-hybridized carbons (Fsp3) is 0.556. The van der Waals surface area contributed by atoms with Crippen molar-refractivity contribution in [3.8, 4) is 0 Å². The summed E-state index contributed by atoms with van der Waals surface area (Å²) in [6.45, 7) is 7.91. The summed E-state index contributed by atoms with van der Waals surface area (Å²) in [6.07, 6.45) is 6.03. The Morgan fingerprint density at radius 2 is 2.00 bits per heavy atom. The summed E-state index contributed by atoms with van der Waals surface area (Å²) in [5, 5.41) is 5.31. The molecule has 0 aliphatic carbocycles. The molecule has 2 saturated heterocycles. The van der Waals surface area contributed by atoms with E-state index < -0.39 is 22.0 Å². The number of nitrogens with one attached hydrogen (secondary N) is 2. The van der Waals surface area contributed by atoms with Crippen LogP contribution >= 0.6 is 0 Å². The maximum absolute atomic E-state index is 14.4. The van der Waals surface area contributed by atoms with Crippen LogP contribution in [-0.2, 0) is 14.5 Å². The third-order valence-corrected chi connectivity index (χ3v) is 8.84. The lowest BCUT2D eigenvalue weighted by atomic mass is 9.90. The Balaban J connectivity index is 1.40. The Kier molecular flexibility index (Phi) is 7.60. The number of hydrogen-bond donors (Lipinski definition) is 2. The highest BCUT2D eigenvalue weighted by molar-refractivity contribution is 7.91. The van der Waals surface area contributed by atoms with Crippen LogP contribution in [0.1, 0.15) is 38.7 Å². The first-order valence-electron chi connectivity index (χ1n) is 13.3. The Labute approximate surface area is 229 Å². The SMILES string of the molecule is CO[C@H]1CCN(c2nccc(Nc3cc4c(C(C)C)cnc(N5C[C@H](CS(C)(=N)=O)[C@H]5C)c4cn3)n2)C[C@H]1F. The Hall–Kier alpha value is -3.12. The van der Waals surface area contributed by atoms with Crippen molar-refractivity contribution in [3.05, 3.63) is 36.3 Å². The summed E-state index contributed by atoms with van der Waals surface area (Å²) in [7, 11) is -1.00. The Bertz CT molecular complexity index is 1450. The van der Waals surface area contributed by atoms with Crippen LogP contribution < -0.4 is 15.1 Å². The molecule has 210 valence electrons. The number of nitrogens with zero attached hydrogens (tertiary/aromatic N) is 6. The zero-order valence-electron chi connectivity index (χ0n) is 23.1. The molecular formula is C27H37FN8O2S. The van der Waals surface area contributed by atoms with Gasteiger partial charge in [0, 0.05) is 77.9 Å². The van der Waals surface area contributed by atoms with Gasteiger partial charge in [-0.1, -0.05) is 13.8 Å². The first kappa shape index (κ1) is 27.4. The van der Waals surface area contributed by atoms with E-state index in [2.05, 4.69) is 45.9 Å². The smallest absolute Gasteiger partial charge is 0.227 e. The summed E-state index contributed by atoms with van der Waals surface area (Å²) < 4.78 is 39.5. The number of alkyl halides is 1. The number of halogens is 1. The highest BCUT2D eigenvalue weighted by Crippen LogP contribution is 2.38. The van der Waals surface area contributed by atoms with E-state index >= 15 is 0 Å². The molecular weight excluding hydrogens is 519 g/mol. The highest BCUT2D eigenvalue weighted by Gasteiger charge is 2.38. The molecule has 10 nitrogen and oxygen atoms in total. The van der Waals surface area contributed by atoms with Gasteiger partial charge in [-0.25, -0.2) is 19.3 Å². The predicted molar refractivity (Wildman–Crippen MR) is 153 cm³/mol. The van der Waals surface area contributed by atoms with Gasteiger partial charge in [-0.05, 0) is 42.3 Å². The van der Waals surface area contributed by atoms with Crippen molar-refractivity contribution in [2.24, 2.45) is 5.92 Å². The van der Waals surface area contributed by atoms with Gasteiger partial charge >= 0.3 is 0 Å². The summed E-state index contributed by atoms with van der Waals surface area (Å²) in [5.41, 5.74) is 1.12. The van der Waals surface area contributed by atoms with E-state index in [0.29, 0.717) is 36.3 Å². The lowest BCUT2D eigenvalue weighted by Gasteiger charge is -2.47. The number of piperidine rings is 1. The number of anilines is 4. The first-order valence-corrected chi connectivity index (χ1v) is 15.5. The number of methoxy groups -OCH3 is 1. The number of hydrogen-bond acceptors (Lipinski definition) is 10. The van der Waals surface area contributed by atoms with Crippen molar-refractivity contribution < 1.29 is 13.3 Å². The molecule has 1 unspecified atom stereocenters. The summed E-state index contributed by atoms with van der Waals surface area (Å²) in [5.74, 6) is 3.41. The summed E-state index contributed by atoms with van der Waals surface area (Å²) in [4.78, 5) is 22.5. The average Bonchev–Trinajstić information content (AvgIpc) is 2.89. The average molecular weight is 557 g/mol. The molecule has 0 bridgehead atoms. The van der Waals surface area contributed by atoms with Gasteiger partial charge in [0.2, 0.25) is 5.95 Å².